The van der Waals surface area contributed by atoms with Gasteiger partial charge in [0.05, 0.1) is 5.52 Å². The van der Waals surface area contributed by atoms with Crippen LogP contribution in [0.1, 0.15) is 53.7 Å². The lowest BCUT2D eigenvalue weighted by Gasteiger charge is -1.98. The summed E-state index contributed by atoms with van der Waals surface area (Å²) in [5.41, 5.74) is 2.11. The molecule has 0 fully saturated rings. The molecule has 0 atom stereocenters. The first-order chi connectivity index (χ1) is 9.17. The van der Waals surface area contributed by atoms with Crippen LogP contribution in [0.2, 0.25) is 0 Å². The van der Waals surface area contributed by atoms with Gasteiger partial charge in [-0.25, -0.2) is 0 Å². The summed E-state index contributed by atoms with van der Waals surface area (Å²) < 4.78 is 1.10. The van der Waals surface area contributed by atoms with Crippen molar-refractivity contribution in [1.82, 2.24) is 4.98 Å². The zero-order valence-corrected chi connectivity index (χ0v) is 15.0. The summed E-state index contributed by atoms with van der Waals surface area (Å²) in [4.78, 5) is 4.40. The second-order valence-corrected chi connectivity index (χ2v) is 4.41. The maximum absolute atomic E-state index is 4.40. The highest BCUT2D eigenvalue weighted by molar-refractivity contribution is 9.10. The van der Waals surface area contributed by atoms with Crippen molar-refractivity contribution in [2.24, 2.45) is 0 Å². The predicted molar refractivity (Wildman–Crippen MR) is 92.8 cm³/mol. The maximum atomic E-state index is 4.40. The molecule has 108 valence electrons. The molecule has 0 aliphatic heterocycles. The van der Waals surface area contributed by atoms with Gasteiger partial charge >= 0.3 is 0 Å². The molecule has 2 aromatic rings. The second kappa shape index (κ2) is 13.5. The first-order valence-electron chi connectivity index (χ1n) is 7.20. The summed E-state index contributed by atoms with van der Waals surface area (Å²) >= 11 is 3.42. The fourth-order valence-electron chi connectivity index (χ4n) is 1.20. The summed E-state index contributed by atoms with van der Waals surface area (Å²) in [5.74, 6) is 0. The van der Waals surface area contributed by atoms with Crippen molar-refractivity contribution >= 4 is 26.8 Å². The Morgan fingerprint density at radius 2 is 1.47 bits per heavy atom. The Morgan fingerprint density at radius 1 is 0.947 bits per heavy atom. The number of aromatic nitrogens is 1. The van der Waals surface area contributed by atoms with Crippen LogP contribution in [0.15, 0.2) is 34.8 Å². The topological polar surface area (TPSA) is 12.9 Å². The molecule has 19 heavy (non-hydrogen) atoms. The predicted octanol–water partition coefficient (Wildman–Crippen LogP) is 6.77. The van der Waals surface area contributed by atoms with Crippen LogP contribution in [0.25, 0.3) is 10.9 Å². The molecule has 0 aliphatic carbocycles. The molecule has 0 amide bonds. The van der Waals surface area contributed by atoms with Gasteiger partial charge < -0.3 is 0 Å². The third-order valence-electron chi connectivity index (χ3n) is 1.79. The highest BCUT2D eigenvalue weighted by atomic mass is 79.9. The molecule has 0 spiro atoms. The highest BCUT2D eigenvalue weighted by Crippen LogP contribution is 2.18. The lowest BCUT2D eigenvalue weighted by molar-refractivity contribution is 1.09. The SMILES string of the molecule is CC.CC.CCC.Cc1ccc2cc(Br)ccc2n1. The van der Waals surface area contributed by atoms with Crippen molar-refractivity contribution in [2.45, 2.75) is 54.9 Å². The van der Waals surface area contributed by atoms with E-state index >= 15 is 0 Å². The highest BCUT2D eigenvalue weighted by Gasteiger charge is 1.94. The summed E-state index contributed by atoms with van der Waals surface area (Å²) in [6, 6.07) is 10.2. The monoisotopic (exact) mass is 325 g/mol. The van der Waals surface area contributed by atoms with Gasteiger partial charge in [0.1, 0.15) is 0 Å². The van der Waals surface area contributed by atoms with Gasteiger partial charge in [-0.3, -0.25) is 4.98 Å². The molecule has 1 aromatic carbocycles. The standard InChI is InChI=1S/C10H8BrN.C3H8.2C2H6/c1-7-2-3-8-6-9(11)4-5-10(8)12-7;1-3-2;2*1-2/h2-6H,1H3;3H2,1-2H3;2*1-2H3. The van der Waals surface area contributed by atoms with Gasteiger partial charge in [-0.1, -0.05) is 70.0 Å². The van der Waals surface area contributed by atoms with E-state index in [4.69, 9.17) is 0 Å². The van der Waals surface area contributed by atoms with Crippen molar-refractivity contribution in [3.05, 3.63) is 40.5 Å². The molecule has 0 radical (unpaired) electrons. The number of rotatable bonds is 0. The summed E-state index contributed by atoms with van der Waals surface area (Å²) in [6.07, 6.45) is 1.25. The Labute approximate surface area is 127 Å². The Balaban J connectivity index is 0. The normalized spacial score (nSPS) is 8.21. The molecule has 2 rings (SSSR count). The number of pyridine rings is 1. The molecule has 1 aromatic heterocycles. The minimum Gasteiger partial charge on any atom is -0.253 e. The molecule has 1 nitrogen and oxygen atoms in total. The van der Waals surface area contributed by atoms with E-state index in [0.717, 1.165) is 15.7 Å². The van der Waals surface area contributed by atoms with E-state index in [0.29, 0.717) is 0 Å². The molecule has 0 saturated carbocycles. The molecule has 0 aliphatic rings. The van der Waals surface area contributed by atoms with E-state index in [-0.39, 0.29) is 0 Å². The zero-order valence-electron chi connectivity index (χ0n) is 13.4. The van der Waals surface area contributed by atoms with E-state index in [9.17, 15) is 0 Å². The van der Waals surface area contributed by atoms with Crippen LogP contribution in [0.4, 0.5) is 0 Å². The average molecular weight is 326 g/mol. The average Bonchev–Trinajstić information content (AvgIpc) is 2.44. The molecule has 0 unspecified atom stereocenters. The number of aryl methyl sites for hydroxylation is 1. The van der Waals surface area contributed by atoms with E-state index in [1.807, 2.05) is 52.8 Å². The van der Waals surface area contributed by atoms with Crippen LogP contribution in [0.5, 0.6) is 0 Å². The summed E-state index contributed by atoms with van der Waals surface area (Å²) in [7, 11) is 0. The summed E-state index contributed by atoms with van der Waals surface area (Å²) in [5, 5.41) is 1.18. The number of hydrogen-bond donors (Lipinski definition) is 0. The van der Waals surface area contributed by atoms with Crippen molar-refractivity contribution in [2.75, 3.05) is 0 Å². The molecule has 0 bridgehead atoms. The van der Waals surface area contributed by atoms with Gasteiger partial charge in [0.2, 0.25) is 0 Å². The molecule has 1 heterocycles. The van der Waals surface area contributed by atoms with E-state index in [2.05, 4.69) is 46.9 Å². The summed E-state index contributed by atoms with van der Waals surface area (Å²) in [6.45, 7) is 14.3. The minimum absolute atomic E-state index is 1.05. The number of benzene rings is 1. The van der Waals surface area contributed by atoms with Crippen molar-refractivity contribution in [1.29, 1.82) is 0 Å². The van der Waals surface area contributed by atoms with Gasteiger partial charge in [0, 0.05) is 15.6 Å². The lowest BCUT2D eigenvalue weighted by atomic mass is 10.2. The van der Waals surface area contributed by atoms with Gasteiger partial charge in [-0.05, 0) is 31.2 Å². The first kappa shape index (κ1) is 20.4. The van der Waals surface area contributed by atoms with E-state index < -0.39 is 0 Å². The molecule has 2 heteroatoms. The quantitative estimate of drug-likeness (QED) is 0.520. The Hall–Kier alpha value is -0.890. The molecular formula is C17H28BrN. The van der Waals surface area contributed by atoms with Crippen LogP contribution in [0.3, 0.4) is 0 Å². The third kappa shape index (κ3) is 8.77. The Bertz CT molecular complexity index is 397. The first-order valence-corrected chi connectivity index (χ1v) is 7.99. The zero-order chi connectivity index (χ0) is 15.3. The van der Waals surface area contributed by atoms with Crippen molar-refractivity contribution in [3.63, 3.8) is 0 Å². The number of hydrogen-bond acceptors (Lipinski definition) is 1. The number of halogens is 1. The van der Waals surface area contributed by atoms with Gasteiger partial charge in [-0.15, -0.1) is 0 Å². The van der Waals surface area contributed by atoms with Crippen LogP contribution in [0, 0.1) is 6.92 Å². The molecule has 0 saturated heterocycles. The van der Waals surface area contributed by atoms with Crippen LogP contribution in [-0.2, 0) is 0 Å². The molecular weight excluding hydrogens is 298 g/mol. The number of nitrogens with zero attached hydrogens (tertiary/aromatic N) is 1. The van der Waals surface area contributed by atoms with Crippen molar-refractivity contribution < 1.29 is 0 Å². The van der Waals surface area contributed by atoms with E-state index in [1.165, 1.54) is 11.8 Å². The Kier molecular flexibility index (Phi) is 14.6. The largest absolute Gasteiger partial charge is 0.253 e. The van der Waals surface area contributed by atoms with Crippen molar-refractivity contribution in [3.8, 4) is 0 Å². The fourth-order valence-corrected chi connectivity index (χ4v) is 1.58. The Morgan fingerprint density at radius 3 is 2.00 bits per heavy atom. The second-order valence-electron chi connectivity index (χ2n) is 3.50. The minimum atomic E-state index is 1.05. The smallest absolute Gasteiger partial charge is 0.0705 e. The van der Waals surface area contributed by atoms with Crippen LogP contribution in [-0.4, -0.2) is 4.98 Å². The third-order valence-corrected chi connectivity index (χ3v) is 2.28. The number of fused-ring (bicyclic) bond motifs is 1. The van der Waals surface area contributed by atoms with Gasteiger partial charge in [-0.2, -0.15) is 0 Å². The van der Waals surface area contributed by atoms with Crippen LogP contribution < -0.4 is 0 Å². The fraction of sp³-hybridized carbons (Fsp3) is 0.471. The van der Waals surface area contributed by atoms with Crippen LogP contribution >= 0.6 is 15.9 Å². The molecule has 0 N–H and O–H groups in total. The van der Waals surface area contributed by atoms with Gasteiger partial charge in [0.15, 0.2) is 0 Å². The van der Waals surface area contributed by atoms with E-state index in [1.54, 1.807) is 0 Å². The maximum Gasteiger partial charge on any atom is 0.0705 e. The lowest BCUT2D eigenvalue weighted by Crippen LogP contribution is -1.81. The van der Waals surface area contributed by atoms with Gasteiger partial charge in [0.25, 0.3) is 0 Å².